The Bertz CT molecular complexity index is 1000. The molecule has 2 aromatic heterocycles. The average Bonchev–Trinajstić information content (AvgIpc) is 2.82. The van der Waals surface area contributed by atoms with Gasteiger partial charge >= 0.3 is 5.92 Å². The van der Waals surface area contributed by atoms with E-state index in [1.807, 2.05) is 6.92 Å². The lowest BCUT2D eigenvalue weighted by molar-refractivity contribution is 0.00603. The van der Waals surface area contributed by atoms with Crippen LogP contribution >= 0.6 is 0 Å². The smallest absolute Gasteiger partial charge is 0.306 e. The third kappa shape index (κ3) is 8.49. The Labute approximate surface area is 197 Å². The van der Waals surface area contributed by atoms with Gasteiger partial charge in [-0.25, -0.2) is 9.97 Å². The van der Waals surface area contributed by atoms with Crippen molar-refractivity contribution in [2.45, 2.75) is 38.5 Å². The van der Waals surface area contributed by atoms with Gasteiger partial charge in [0.1, 0.15) is 23.1 Å². The number of anilines is 3. The van der Waals surface area contributed by atoms with Crippen molar-refractivity contribution < 1.29 is 17.6 Å². The van der Waals surface area contributed by atoms with Crippen molar-refractivity contribution in [2.24, 2.45) is 4.99 Å². The van der Waals surface area contributed by atoms with E-state index in [0.29, 0.717) is 12.0 Å². The Balaban J connectivity index is 2.00. The molecule has 0 aliphatic carbocycles. The number of allylic oxidation sites excluding steroid dienone is 3. The standard InChI is InChI=1S/C24H30F4N6/c1-4-6-7-14-30-15-23(25,26)16-31-20-10-8-11-21(34-20)32-17-24(27,28)19-13-12-18(9-5-2)22(29-3)33-19/h4,6-8,10-15H,5,9,16-17H2,1-3H3,(H,29,33)(H2,31,32,34)/b6-4-,14-7-,30-15+. The second kappa shape index (κ2) is 12.7. The molecule has 0 aliphatic heterocycles. The Morgan fingerprint density at radius 3 is 2.32 bits per heavy atom. The quantitative estimate of drug-likeness (QED) is 0.190. The van der Waals surface area contributed by atoms with Crippen LogP contribution in [0.25, 0.3) is 0 Å². The first kappa shape index (κ1) is 26.8. The van der Waals surface area contributed by atoms with Gasteiger partial charge in [0, 0.05) is 13.2 Å². The van der Waals surface area contributed by atoms with Gasteiger partial charge in [-0.2, -0.15) is 17.6 Å². The molecule has 0 aliphatic rings. The van der Waals surface area contributed by atoms with Gasteiger partial charge in [0.25, 0.3) is 5.92 Å². The van der Waals surface area contributed by atoms with E-state index in [2.05, 4.69) is 30.9 Å². The maximum absolute atomic E-state index is 14.8. The fourth-order valence-corrected chi connectivity index (χ4v) is 2.92. The summed E-state index contributed by atoms with van der Waals surface area (Å²) in [5.41, 5.74) is 0.495. The number of nitrogens with zero attached hydrogens (tertiary/aromatic N) is 3. The van der Waals surface area contributed by atoms with Gasteiger partial charge in [0.05, 0.1) is 19.3 Å². The van der Waals surface area contributed by atoms with Gasteiger partial charge < -0.3 is 16.0 Å². The van der Waals surface area contributed by atoms with E-state index < -0.39 is 24.9 Å². The topological polar surface area (TPSA) is 74.2 Å². The highest BCUT2D eigenvalue weighted by atomic mass is 19.3. The Kier molecular flexibility index (Phi) is 10.0. The minimum absolute atomic E-state index is 0.116. The van der Waals surface area contributed by atoms with Gasteiger partial charge in [-0.1, -0.05) is 37.6 Å². The number of aliphatic imine (C=N–C) groups is 1. The number of aryl methyl sites for hydroxylation is 1. The lowest BCUT2D eigenvalue weighted by atomic mass is 10.1. The molecule has 184 valence electrons. The number of halogens is 4. The molecule has 0 atom stereocenters. The molecular formula is C24H30F4N6. The highest BCUT2D eigenvalue weighted by Crippen LogP contribution is 2.29. The summed E-state index contributed by atoms with van der Waals surface area (Å²) in [5.74, 6) is -5.84. The lowest BCUT2D eigenvalue weighted by Crippen LogP contribution is -2.29. The minimum atomic E-state index is -3.27. The third-order valence-corrected chi connectivity index (χ3v) is 4.59. The molecule has 2 heterocycles. The molecular weight excluding hydrogens is 448 g/mol. The molecule has 0 saturated carbocycles. The molecule has 2 rings (SSSR count). The average molecular weight is 479 g/mol. The first-order chi connectivity index (χ1) is 16.2. The van der Waals surface area contributed by atoms with Crippen molar-refractivity contribution in [3.05, 3.63) is 66.0 Å². The summed E-state index contributed by atoms with van der Waals surface area (Å²) in [6, 6.07) is 7.43. The van der Waals surface area contributed by atoms with Crippen LogP contribution in [-0.2, 0) is 12.3 Å². The fourth-order valence-electron chi connectivity index (χ4n) is 2.92. The highest BCUT2D eigenvalue weighted by Gasteiger charge is 2.34. The molecule has 2 aromatic rings. The summed E-state index contributed by atoms with van der Waals surface area (Å²) in [4.78, 5) is 11.7. The maximum atomic E-state index is 14.8. The van der Waals surface area contributed by atoms with Crippen molar-refractivity contribution in [1.29, 1.82) is 0 Å². The van der Waals surface area contributed by atoms with Gasteiger partial charge in [0.15, 0.2) is 0 Å². The summed E-state index contributed by atoms with van der Waals surface area (Å²) in [7, 11) is 1.64. The highest BCUT2D eigenvalue weighted by molar-refractivity contribution is 5.68. The van der Waals surface area contributed by atoms with E-state index in [0.717, 1.165) is 18.4 Å². The van der Waals surface area contributed by atoms with Crippen LogP contribution in [0.3, 0.4) is 0 Å². The first-order valence-corrected chi connectivity index (χ1v) is 10.9. The van der Waals surface area contributed by atoms with Gasteiger partial charge in [-0.3, -0.25) is 4.99 Å². The van der Waals surface area contributed by atoms with Crippen molar-refractivity contribution in [3.63, 3.8) is 0 Å². The number of hydrogen-bond acceptors (Lipinski definition) is 6. The van der Waals surface area contributed by atoms with Crippen molar-refractivity contribution in [1.82, 2.24) is 9.97 Å². The molecule has 10 heteroatoms. The van der Waals surface area contributed by atoms with Crippen LogP contribution < -0.4 is 16.0 Å². The van der Waals surface area contributed by atoms with Gasteiger partial charge in [-0.15, -0.1) is 0 Å². The fraction of sp³-hybridized carbons (Fsp3) is 0.375. The molecule has 0 saturated heterocycles. The zero-order chi connectivity index (χ0) is 25.0. The van der Waals surface area contributed by atoms with Crippen LogP contribution in [0.15, 0.2) is 59.8 Å². The largest absolute Gasteiger partial charge is 0.373 e. The maximum Gasteiger partial charge on any atom is 0.306 e. The van der Waals surface area contributed by atoms with Crippen molar-refractivity contribution in [3.8, 4) is 0 Å². The Morgan fingerprint density at radius 2 is 1.68 bits per heavy atom. The monoisotopic (exact) mass is 478 g/mol. The molecule has 6 nitrogen and oxygen atoms in total. The van der Waals surface area contributed by atoms with E-state index >= 15 is 0 Å². The van der Waals surface area contributed by atoms with Crippen LogP contribution in [0.5, 0.6) is 0 Å². The van der Waals surface area contributed by atoms with E-state index in [4.69, 9.17) is 0 Å². The normalized spacial score (nSPS) is 12.7. The summed E-state index contributed by atoms with van der Waals surface area (Å²) in [5, 5.41) is 7.92. The van der Waals surface area contributed by atoms with E-state index in [-0.39, 0.29) is 17.3 Å². The molecule has 0 fully saturated rings. The predicted molar refractivity (Wildman–Crippen MR) is 130 cm³/mol. The number of hydrogen-bond donors (Lipinski definition) is 3. The van der Waals surface area contributed by atoms with Crippen molar-refractivity contribution in [2.75, 3.05) is 36.1 Å². The van der Waals surface area contributed by atoms with Crippen LogP contribution in [-0.4, -0.2) is 42.2 Å². The summed E-state index contributed by atoms with van der Waals surface area (Å²) < 4.78 is 57.4. The predicted octanol–water partition coefficient (Wildman–Crippen LogP) is 5.88. The number of alkyl halides is 4. The summed E-state index contributed by atoms with van der Waals surface area (Å²) >= 11 is 0. The zero-order valence-electron chi connectivity index (χ0n) is 19.5. The third-order valence-electron chi connectivity index (χ3n) is 4.59. The zero-order valence-corrected chi connectivity index (χ0v) is 19.5. The Hall–Kier alpha value is -3.43. The van der Waals surface area contributed by atoms with Crippen LogP contribution in [0, 0.1) is 0 Å². The summed E-state index contributed by atoms with van der Waals surface area (Å²) in [6.45, 7) is 2.29. The van der Waals surface area contributed by atoms with E-state index in [1.165, 1.54) is 36.5 Å². The molecule has 0 radical (unpaired) electrons. The van der Waals surface area contributed by atoms with Crippen LogP contribution in [0.4, 0.5) is 35.0 Å². The minimum Gasteiger partial charge on any atom is -0.373 e. The van der Waals surface area contributed by atoms with Crippen molar-refractivity contribution >= 4 is 23.7 Å². The number of nitrogens with one attached hydrogen (secondary N) is 3. The molecule has 0 aromatic carbocycles. The number of pyridine rings is 2. The van der Waals surface area contributed by atoms with Crippen LogP contribution in [0.2, 0.25) is 0 Å². The second-order valence-corrected chi connectivity index (χ2v) is 7.43. The molecule has 0 spiro atoms. The number of aromatic nitrogens is 2. The molecule has 34 heavy (non-hydrogen) atoms. The Morgan fingerprint density at radius 1 is 0.971 bits per heavy atom. The van der Waals surface area contributed by atoms with E-state index in [1.54, 1.807) is 32.2 Å². The molecule has 0 amide bonds. The van der Waals surface area contributed by atoms with Gasteiger partial charge in [0.2, 0.25) is 0 Å². The summed E-state index contributed by atoms with van der Waals surface area (Å²) in [6.07, 6.45) is 8.32. The number of rotatable bonds is 13. The lowest BCUT2D eigenvalue weighted by Gasteiger charge is -2.19. The molecule has 0 unspecified atom stereocenters. The first-order valence-electron chi connectivity index (χ1n) is 10.9. The molecule has 0 bridgehead atoms. The van der Waals surface area contributed by atoms with E-state index in [9.17, 15) is 17.6 Å². The van der Waals surface area contributed by atoms with Gasteiger partial charge in [-0.05, 0) is 43.2 Å². The SMILES string of the molecule is C\C=C/C=C\N=C\C(F)(F)CNc1cccc(NCC(F)(F)c2ccc(CCC)c(NC)n2)n1. The van der Waals surface area contributed by atoms with Crippen LogP contribution in [0.1, 0.15) is 31.5 Å². The second-order valence-electron chi connectivity index (χ2n) is 7.43. The molecule has 3 N–H and O–H groups in total.